The molecule has 4 aromatic rings. The Balaban J connectivity index is 1.61. The number of benzene rings is 2. The number of nitrogens with zero attached hydrogens (tertiary/aromatic N) is 2. The van der Waals surface area contributed by atoms with Crippen molar-refractivity contribution in [3.63, 3.8) is 0 Å². The van der Waals surface area contributed by atoms with Gasteiger partial charge in [-0.25, -0.2) is 9.59 Å². The van der Waals surface area contributed by atoms with Crippen LogP contribution < -0.4 is 4.90 Å². The fraction of sp³-hybridized carbons (Fsp3) is 0.154. The van der Waals surface area contributed by atoms with Crippen LogP contribution in [0.4, 0.5) is 5.69 Å². The number of aromatic nitrogens is 2. The van der Waals surface area contributed by atoms with Crippen molar-refractivity contribution in [3.8, 4) is 11.5 Å². The van der Waals surface area contributed by atoms with Crippen molar-refractivity contribution in [2.45, 2.75) is 13.0 Å². The number of esters is 2. The summed E-state index contributed by atoms with van der Waals surface area (Å²) in [5, 5.41) is 7.22. The Labute approximate surface area is 200 Å². The lowest BCUT2D eigenvalue weighted by Gasteiger charge is -2.26. The van der Waals surface area contributed by atoms with Gasteiger partial charge in [-0.1, -0.05) is 12.1 Å². The largest absolute Gasteiger partial charge is 0.465 e. The van der Waals surface area contributed by atoms with Gasteiger partial charge < -0.3 is 13.9 Å². The second-order valence-corrected chi connectivity index (χ2v) is 7.80. The lowest BCUT2D eigenvalue weighted by atomic mass is 9.96. The number of nitrogens with one attached hydrogen (secondary N) is 1. The highest BCUT2D eigenvalue weighted by molar-refractivity contribution is 6.11. The molecule has 0 aliphatic carbocycles. The van der Waals surface area contributed by atoms with Gasteiger partial charge in [-0.2, -0.15) is 5.10 Å². The number of amides is 1. The Morgan fingerprint density at radius 1 is 1.03 bits per heavy atom. The fourth-order valence-electron chi connectivity index (χ4n) is 4.22. The van der Waals surface area contributed by atoms with E-state index in [9.17, 15) is 14.4 Å². The topological polar surface area (TPSA) is 115 Å². The van der Waals surface area contributed by atoms with Gasteiger partial charge >= 0.3 is 11.9 Å². The van der Waals surface area contributed by atoms with Crippen LogP contribution in [-0.4, -0.2) is 41.8 Å². The molecule has 3 heterocycles. The highest BCUT2D eigenvalue weighted by Crippen LogP contribution is 2.45. The Kier molecular flexibility index (Phi) is 5.66. The minimum Gasteiger partial charge on any atom is -0.465 e. The first-order valence-electron chi connectivity index (χ1n) is 10.9. The van der Waals surface area contributed by atoms with Crippen molar-refractivity contribution in [2.24, 2.45) is 0 Å². The van der Waals surface area contributed by atoms with Crippen molar-refractivity contribution < 1.29 is 28.3 Å². The van der Waals surface area contributed by atoms with Crippen molar-refractivity contribution in [1.29, 1.82) is 0 Å². The highest BCUT2D eigenvalue weighted by Gasteiger charge is 2.43. The van der Waals surface area contributed by atoms with Crippen molar-refractivity contribution >= 4 is 23.5 Å². The maximum atomic E-state index is 13.6. The van der Waals surface area contributed by atoms with E-state index in [2.05, 4.69) is 10.2 Å². The molecule has 0 saturated heterocycles. The normalized spacial score (nSPS) is 14.6. The number of H-pyrrole nitrogens is 1. The molecular weight excluding hydrogens is 450 g/mol. The quantitative estimate of drug-likeness (QED) is 0.415. The summed E-state index contributed by atoms with van der Waals surface area (Å²) in [4.78, 5) is 39.2. The van der Waals surface area contributed by atoms with Gasteiger partial charge in [-0.15, -0.1) is 0 Å². The fourth-order valence-corrected chi connectivity index (χ4v) is 4.22. The number of carbonyl (C=O) groups is 3. The molecule has 1 aliphatic rings. The molecule has 1 atom stereocenters. The van der Waals surface area contributed by atoms with Gasteiger partial charge in [-0.05, 0) is 61.0 Å². The molecule has 2 aromatic carbocycles. The van der Waals surface area contributed by atoms with Crippen LogP contribution in [0.15, 0.2) is 71.3 Å². The number of anilines is 1. The van der Waals surface area contributed by atoms with E-state index in [1.807, 2.05) is 0 Å². The van der Waals surface area contributed by atoms with Crippen LogP contribution in [0.3, 0.4) is 0 Å². The summed E-state index contributed by atoms with van der Waals surface area (Å²) >= 11 is 0. The molecule has 1 amide bonds. The second kappa shape index (κ2) is 8.94. The second-order valence-electron chi connectivity index (χ2n) is 7.80. The zero-order valence-electron chi connectivity index (χ0n) is 19.0. The molecule has 0 bridgehead atoms. The van der Waals surface area contributed by atoms with E-state index in [1.165, 1.54) is 7.11 Å². The Morgan fingerprint density at radius 2 is 1.71 bits per heavy atom. The lowest BCUT2D eigenvalue weighted by molar-refractivity contribution is 0.0525. The van der Waals surface area contributed by atoms with Gasteiger partial charge in [0.05, 0.1) is 37.1 Å². The molecular formula is C26H21N3O6. The molecule has 0 saturated carbocycles. The monoisotopic (exact) mass is 471 g/mol. The summed E-state index contributed by atoms with van der Waals surface area (Å²) in [5.74, 6) is -0.650. The van der Waals surface area contributed by atoms with Crippen LogP contribution in [0.25, 0.3) is 11.5 Å². The Bertz CT molecular complexity index is 1390. The summed E-state index contributed by atoms with van der Waals surface area (Å²) in [6.45, 7) is 2.01. The van der Waals surface area contributed by atoms with Crippen LogP contribution in [0.2, 0.25) is 0 Å². The molecule has 0 fully saturated rings. The van der Waals surface area contributed by atoms with Crippen LogP contribution in [0.5, 0.6) is 0 Å². The standard InChI is InChI=1S/C26H21N3O6/c1-3-34-26(32)17-10-12-18(13-11-17)29-23(15-6-8-16(9-7-15)25(31)33-2)20-21(19-5-4-14-35-19)27-28-22(20)24(29)30/h4-14,23H,3H2,1-2H3,(H,27,28)/t23-/m0/s1. The third-order valence-corrected chi connectivity index (χ3v) is 5.83. The van der Waals surface area contributed by atoms with Crippen molar-refractivity contribution in [3.05, 3.63) is 94.9 Å². The summed E-state index contributed by atoms with van der Waals surface area (Å²) in [6, 6.07) is 16.5. The number of fused-ring (bicyclic) bond motifs is 1. The third-order valence-electron chi connectivity index (χ3n) is 5.83. The number of furan rings is 1. The van der Waals surface area contributed by atoms with Crippen molar-refractivity contribution in [1.82, 2.24) is 10.2 Å². The minimum absolute atomic E-state index is 0.269. The molecule has 0 radical (unpaired) electrons. The molecule has 1 aliphatic heterocycles. The average Bonchev–Trinajstić information content (AvgIpc) is 3.62. The number of hydrogen-bond donors (Lipinski definition) is 1. The smallest absolute Gasteiger partial charge is 0.338 e. The molecule has 2 aromatic heterocycles. The Morgan fingerprint density at radius 3 is 2.34 bits per heavy atom. The maximum Gasteiger partial charge on any atom is 0.338 e. The van der Waals surface area contributed by atoms with Gasteiger partial charge in [0.2, 0.25) is 0 Å². The van der Waals surface area contributed by atoms with E-state index in [0.29, 0.717) is 33.8 Å². The van der Waals surface area contributed by atoms with E-state index in [-0.39, 0.29) is 18.2 Å². The number of carbonyl (C=O) groups excluding carboxylic acids is 3. The number of aromatic amines is 1. The molecule has 35 heavy (non-hydrogen) atoms. The van der Waals surface area contributed by atoms with Crippen LogP contribution in [0.1, 0.15) is 55.3 Å². The van der Waals surface area contributed by atoms with E-state index >= 15 is 0 Å². The first-order chi connectivity index (χ1) is 17.0. The number of rotatable bonds is 6. The molecule has 0 spiro atoms. The van der Waals surface area contributed by atoms with Gasteiger partial charge in [-0.3, -0.25) is 14.8 Å². The predicted octanol–water partition coefficient (Wildman–Crippen LogP) is 4.38. The van der Waals surface area contributed by atoms with E-state index in [1.54, 1.807) is 78.8 Å². The Hall–Kier alpha value is -4.66. The van der Waals surface area contributed by atoms with E-state index in [4.69, 9.17) is 13.9 Å². The van der Waals surface area contributed by atoms with Crippen LogP contribution >= 0.6 is 0 Å². The highest BCUT2D eigenvalue weighted by atomic mass is 16.5. The zero-order chi connectivity index (χ0) is 24.5. The van der Waals surface area contributed by atoms with E-state index in [0.717, 1.165) is 5.56 Å². The number of hydrogen-bond acceptors (Lipinski definition) is 7. The molecule has 5 rings (SSSR count). The third kappa shape index (κ3) is 3.76. The van der Waals surface area contributed by atoms with Crippen molar-refractivity contribution in [2.75, 3.05) is 18.6 Å². The summed E-state index contributed by atoms with van der Waals surface area (Å²) in [6.07, 6.45) is 1.55. The number of methoxy groups -OCH3 is 1. The molecule has 9 heteroatoms. The molecule has 9 nitrogen and oxygen atoms in total. The predicted molar refractivity (Wildman–Crippen MR) is 125 cm³/mol. The molecule has 0 unspecified atom stereocenters. The zero-order valence-corrected chi connectivity index (χ0v) is 19.0. The van der Waals surface area contributed by atoms with E-state index < -0.39 is 18.0 Å². The first-order valence-corrected chi connectivity index (χ1v) is 10.9. The summed E-state index contributed by atoms with van der Waals surface area (Å²) in [5.41, 5.74) is 3.63. The first kappa shape index (κ1) is 22.1. The van der Waals surface area contributed by atoms with Gasteiger partial charge in [0.15, 0.2) is 11.5 Å². The SMILES string of the molecule is CCOC(=O)c1ccc(N2C(=O)c3n[nH]c(-c4ccco4)c3[C@@H]2c2ccc(C(=O)OC)cc2)cc1. The molecule has 176 valence electrons. The summed E-state index contributed by atoms with van der Waals surface area (Å²) < 4.78 is 15.4. The number of ether oxygens (including phenoxy) is 2. The summed E-state index contributed by atoms with van der Waals surface area (Å²) in [7, 11) is 1.32. The average molecular weight is 471 g/mol. The van der Waals surface area contributed by atoms with Gasteiger partial charge in [0.1, 0.15) is 5.69 Å². The van der Waals surface area contributed by atoms with Gasteiger partial charge in [0, 0.05) is 11.3 Å². The maximum absolute atomic E-state index is 13.6. The van der Waals surface area contributed by atoms with Gasteiger partial charge in [0.25, 0.3) is 5.91 Å². The lowest BCUT2D eigenvalue weighted by Crippen LogP contribution is -2.29. The minimum atomic E-state index is -0.559. The van der Waals surface area contributed by atoms with Crippen LogP contribution in [-0.2, 0) is 9.47 Å². The molecule has 1 N–H and O–H groups in total. The van der Waals surface area contributed by atoms with Crippen LogP contribution in [0, 0.1) is 0 Å².